The molecule has 3 N–H and O–H groups in total. The summed E-state index contributed by atoms with van der Waals surface area (Å²) in [7, 11) is 0. The smallest absolute Gasteiger partial charge is 0.416 e. The lowest BCUT2D eigenvalue weighted by Crippen LogP contribution is -2.19. The Morgan fingerprint density at radius 1 is 0.875 bits per heavy atom. The molecule has 202 valence electrons. The zero-order valence-electron chi connectivity index (χ0n) is 20.7. The predicted octanol–water partition coefficient (Wildman–Crippen LogP) is 7.71. The third-order valence-corrected chi connectivity index (χ3v) is 7.09. The van der Waals surface area contributed by atoms with Gasteiger partial charge in [0.2, 0.25) is 0 Å². The molecule has 0 atom stereocenters. The summed E-state index contributed by atoms with van der Waals surface area (Å²) < 4.78 is 39.7. The number of nitrogens with zero attached hydrogens (tertiary/aromatic N) is 2. The van der Waals surface area contributed by atoms with Gasteiger partial charge in [-0.25, -0.2) is 14.8 Å². The molecule has 0 unspecified atom stereocenters. The summed E-state index contributed by atoms with van der Waals surface area (Å²) in [5.74, 6) is -0.834. The van der Waals surface area contributed by atoms with Gasteiger partial charge in [-0.2, -0.15) is 13.2 Å². The van der Waals surface area contributed by atoms with Gasteiger partial charge in [-0.3, -0.25) is 4.79 Å². The summed E-state index contributed by atoms with van der Waals surface area (Å²) in [5, 5.41) is 15.9. The van der Waals surface area contributed by atoms with Gasteiger partial charge in [-0.05, 0) is 47.9 Å². The monoisotopic (exact) mass is 562 g/mol. The van der Waals surface area contributed by atoms with Crippen molar-refractivity contribution in [3.8, 4) is 22.4 Å². The number of thiophene rings is 1. The number of hydrogen-bond donors (Lipinski definition) is 3. The molecule has 0 radical (unpaired) electrons. The van der Waals surface area contributed by atoms with Gasteiger partial charge in [0.1, 0.15) is 6.33 Å². The average molecular weight is 563 g/mol. The molecule has 0 fully saturated rings. The maximum atomic E-state index is 12.9. The molecule has 0 aliphatic heterocycles. The third kappa shape index (κ3) is 6.10. The fourth-order valence-corrected chi connectivity index (χ4v) is 5.18. The molecule has 0 bridgehead atoms. The summed E-state index contributed by atoms with van der Waals surface area (Å²) in [5.41, 5.74) is 4.78. The van der Waals surface area contributed by atoms with Crippen LogP contribution in [0.15, 0.2) is 84.5 Å². The molecule has 0 saturated carbocycles. The Bertz CT molecular complexity index is 1680. The van der Waals surface area contributed by atoms with E-state index in [0.717, 1.165) is 50.3 Å². The van der Waals surface area contributed by atoms with Crippen LogP contribution in [0, 0.1) is 0 Å². The number of urea groups is 1. The second-order valence-electron chi connectivity index (χ2n) is 8.88. The van der Waals surface area contributed by atoms with Crippen molar-refractivity contribution < 1.29 is 27.9 Å². The first kappa shape index (κ1) is 26.8. The number of aryl methyl sites for hydroxylation is 1. The van der Waals surface area contributed by atoms with E-state index < -0.39 is 23.7 Å². The van der Waals surface area contributed by atoms with Crippen molar-refractivity contribution in [2.45, 2.75) is 19.0 Å². The summed E-state index contributed by atoms with van der Waals surface area (Å²) in [6.07, 6.45) is -2.48. The number of carbonyl (C=O) groups excluding carboxylic acids is 1. The summed E-state index contributed by atoms with van der Waals surface area (Å²) in [4.78, 5) is 32.1. The minimum absolute atomic E-state index is 0.0238. The van der Waals surface area contributed by atoms with Crippen LogP contribution in [0.3, 0.4) is 0 Å². The minimum Gasteiger partial charge on any atom is -0.481 e. The van der Waals surface area contributed by atoms with Crippen LogP contribution in [-0.4, -0.2) is 27.1 Å². The maximum Gasteiger partial charge on any atom is 0.416 e. The molecule has 5 rings (SSSR count). The highest BCUT2D eigenvalue weighted by atomic mass is 32.1. The van der Waals surface area contributed by atoms with Crippen molar-refractivity contribution in [3.05, 3.63) is 95.6 Å². The number of carboxylic acids is 1. The molecule has 5 aromatic rings. The number of benzene rings is 3. The number of hydrogen-bond acceptors (Lipinski definition) is 5. The maximum absolute atomic E-state index is 12.9. The van der Waals surface area contributed by atoms with Gasteiger partial charge < -0.3 is 15.7 Å². The molecule has 3 aromatic carbocycles. The Morgan fingerprint density at radius 3 is 2.27 bits per heavy atom. The van der Waals surface area contributed by atoms with Gasteiger partial charge in [0.05, 0.1) is 21.5 Å². The highest BCUT2D eigenvalue weighted by Crippen LogP contribution is 2.37. The van der Waals surface area contributed by atoms with Crippen LogP contribution in [0.25, 0.3) is 32.6 Å². The van der Waals surface area contributed by atoms with Crippen molar-refractivity contribution in [2.75, 3.05) is 10.6 Å². The Hall–Kier alpha value is -4.77. The van der Waals surface area contributed by atoms with Crippen LogP contribution in [0.5, 0.6) is 0 Å². The predicted molar refractivity (Wildman–Crippen MR) is 148 cm³/mol. The normalized spacial score (nSPS) is 11.4. The number of carboxylic acid groups (broad SMARTS) is 1. The van der Waals surface area contributed by atoms with Gasteiger partial charge in [0, 0.05) is 34.3 Å². The number of aromatic nitrogens is 2. The van der Waals surface area contributed by atoms with Crippen molar-refractivity contribution in [1.82, 2.24) is 9.97 Å². The number of aliphatic carboxylic acids is 1. The Balaban J connectivity index is 1.30. The Morgan fingerprint density at radius 2 is 1.57 bits per heavy atom. The van der Waals surface area contributed by atoms with E-state index in [1.54, 1.807) is 24.3 Å². The van der Waals surface area contributed by atoms with Crippen molar-refractivity contribution in [2.24, 2.45) is 0 Å². The fraction of sp³-hybridized carbons (Fsp3) is 0.103. The fourth-order valence-electron chi connectivity index (χ4n) is 4.14. The number of rotatable bonds is 7. The topological polar surface area (TPSA) is 104 Å². The molecule has 0 aliphatic carbocycles. The molecule has 0 aliphatic rings. The van der Waals surface area contributed by atoms with Crippen LogP contribution in [0.1, 0.15) is 17.5 Å². The minimum atomic E-state index is -4.51. The largest absolute Gasteiger partial charge is 0.481 e. The molecule has 2 amide bonds. The quantitative estimate of drug-likeness (QED) is 0.189. The summed E-state index contributed by atoms with van der Waals surface area (Å²) >= 11 is 1.50. The van der Waals surface area contributed by atoms with Crippen LogP contribution in [-0.2, 0) is 17.4 Å². The number of carbonyl (C=O) groups is 2. The number of anilines is 2. The first-order chi connectivity index (χ1) is 19.2. The van der Waals surface area contributed by atoms with Crippen LogP contribution in [0.2, 0.25) is 0 Å². The van der Waals surface area contributed by atoms with Crippen LogP contribution in [0.4, 0.5) is 29.3 Å². The first-order valence-electron chi connectivity index (χ1n) is 12.1. The lowest BCUT2D eigenvalue weighted by atomic mass is 10.0. The average Bonchev–Trinajstić information content (AvgIpc) is 3.37. The highest BCUT2D eigenvalue weighted by Gasteiger charge is 2.30. The standard InChI is InChI=1S/C29H21F3N4O3S/c30-29(31,32)20-2-1-3-22(14-20)36-28(39)35-21-11-9-19(10-12-21)25-27-26(34-16-33-25)23(15-40-27)18-7-4-17(5-8-18)6-13-24(37)38/h1-5,7-12,14-16H,6,13H2,(H,37,38)(H2,35,36,39). The first-order valence-corrected chi connectivity index (χ1v) is 12.9. The molecule has 7 nitrogen and oxygen atoms in total. The van der Waals surface area contributed by atoms with Gasteiger partial charge in [-0.1, -0.05) is 42.5 Å². The van der Waals surface area contributed by atoms with Crippen molar-refractivity contribution in [1.29, 1.82) is 0 Å². The molecular formula is C29H21F3N4O3S. The lowest BCUT2D eigenvalue weighted by molar-refractivity contribution is -0.138. The summed E-state index contributed by atoms with van der Waals surface area (Å²) in [6.45, 7) is 0. The summed E-state index contributed by atoms with van der Waals surface area (Å²) in [6, 6.07) is 18.4. The van der Waals surface area contributed by atoms with Crippen molar-refractivity contribution >= 4 is 44.9 Å². The molecule has 0 saturated heterocycles. The Kier molecular flexibility index (Phi) is 7.47. The van der Waals surface area contributed by atoms with E-state index in [9.17, 15) is 22.8 Å². The SMILES string of the molecule is O=C(O)CCc1ccc(-c2csc3c(-c4ccc(NC(=O)Nc5cccc(C(F)(F)F)c5)cc4)ncnc23)cc1. The number of halogens is 3. The van der Waals surface area contributed by atoms with E-state index in [0.29, 0.717) is 12.1 Å². The van der Waals surface area contributed by atoms with Gasteiger partial charge >= 0.3 is 18.2 Å². The van der Waals surface area contributed by atoms with Gasteiger partial charge in [-0.15, -0.1) is 11.3 Å². The van der Waals surface area contributed by atoms with E-state index in [2.05, 4.69) is 20.6 Å². The van der Waals surface area contributed by atoms with Crippen LogP contribution >= 0.6 is 11.3 Å². The van der Waals surface area contributed by atoms with Gasteiger partial charge in [0.25, 0.3) is 0 Å². The van der Waals surface area contributed by atoms with E-state index in [4.69, 9.17) is 5.11 Å². The zero-order chi connectivity index (χ0) is 28.3. The number of fused-ring (bicyclic) bond motifs is 1. The number of alkyl halides is 3. The molecule has 40 heavy (non-hydrogen) atoms. The zero-order valence-corrected chi connectivity index (χ0v) is 21.5. The van der Waals surface area contributed by atoms with E-state index >= 15 is 0 Å². The number of amides is 2. The van der Waals surface area contributed by atoms with Gasteiger partial charge in [0.15, 0.2) is 0 Å². The van der Waals surface area contributed by atoms with E-state index in [1.165, 1.54) is 29.8 Å². The third-order valence-electron chi connectivity index (χ3n) is 6.11. The second kappa shape index (κ2) is 11.1. The highest BCUT2D eigenvalue weighted by molar-refractivity contribution is 7.18. The number of nitrogens with one attached hydrogen (secondary N) is 2. The second-order valence-corrected chi connectivity index (χ2v) is 9.75. The lowest BCUT2D eigenvalue weighted by Gasteiger charge is -2.11. The van der Waals surface area contributed by atoms with E-state index in [-0.39, 0.29) is 12.1 Å². The molecular weight excluding hydrogens is 541 g/mol. The Labute approximate surface area is 230 Å². The molecule has 2 heterocycles. The van der Waals surface area contributed by atoms with Crippen molar-refractivity contribution in [3.63, 3.8) is 0 Å². The molecule has 0 spiro atoms. The van der Waals surface area contributed by atoms with E-state index in [1.807, 2.05) is 29.6 Å². The molecule has 2 aromatic heterocycles. The molecule has 11 heteroatoms. The van der Waals surface area contributed by atoms with Crippen LogP contribution < -0.4 is 10.6 Å².